The first-order chi connectivity index (χ1) is 11.7. The van der Waals surface area contributed by atoms with E-state index in [9.17, 15) is 4.57 Å². The zero-order chi connectivity index (χ0) is 16.9. The molecule has 124 valence electrons. The van der Waals surface area contributed by atoms with Crippen LogP contribution in [0.3, 0.4) is 0 Å². The SMILES string of the molecule is COc1ccc2c(Nc3ccc(CO[PH](=O)O)cc3)ccnc2n1. The predicted molar refractivity (Wildman–Crippen MR) is 91.8 cm³/mol. The van der Waals surface area contributed by atoms with Gasteiger partial charge in [0.1, 0.15) is 0 Å². The Morgan fingerprint density at radius 1 is 1.17 bits per heavy atom. The van der Waals surface area contributed by atoms with Gasteiger partial charge in [0, 0.05) is 23.3 Å². The molecule has 0 saturated heterocycles. The first-order valence-electron chi connectivity index (χ1n) is 7.17. The molecule has 0 aliphatic carbocycles. The van der Waals surface area contributed by atoms with Crippen molar-refractivity contribution in [2.24, 2.45) is 0 Å². The van der Waals surface area contributed by atoms with Gasteiger partial charge >= 0.3 is 8.25 Å². The van der Waals surface area contributed by atoms with Gasteiger partial charge in [0.2, 0.25) is 5.88 Å². The summed E-state index contributed by atoms with van der Waals surface area (Å²) in [6.07, 6.45) is 1.68. The van der Waals surface area contributed by atoms with E-state index < -0.39 is 8.25 Å². The summed E-state index contributed by atoms with van der Waals surface area (Å²) in [4.78, 5) is 17.3. The fourth-order valence-corrected chi connectivity index (χ4v) is 2.51. The molecule has 3 aromatic rings. The molecule has 2 N–H and O–H groups in total. The van der Waals surface area contributed by atoms with E-state index in [2.05, 4.69) is 15.3 Å². The standard InChI is InChI=1S/C16H16N3O4P/c1-22-15-7-6-13-14(8-9-17-16(13)19-15)18-12-4-2-11(3-5-12)10-23-24(20)21/h2-9,24H,10H2,1H3,(H,20,21)(H,17,18,19). The van der Waals surface area contributed by atoms with Gasteiger partial charge in [-0.15, -0.1) is 0 Å². The normalized spacial score (nSPS) is 12.1. The lowest BCUT2D eigenvalue weighted by molar-refractivity contribution is 0.272. The highest BCUT2D eigenvalue weighted by molar-refractivity contribution is 7.32. The second kappa shape index (κ2) is 7.40. The molecule has 0 saturated carbocycles. The maximum absolute atomic E-state index is 10.6. The summed E-state index contributed by atoms with van der Waals surface area (Å²) in [5, 5.41) is 4.19. The molecule has 0 bridgehead atoms. The van der Waals surface area contributed by atoms with Crippen molar-refractivity contribution in [3.63, 3.8) is 0 Å². The topological polar surface area (TPSA) is 93.6 Å². The van der Waals surface area contributed by atoms with Crippen LogP contribution in [-0.4, -0.2) is 22.0 Å². The number of methoxy groups -OCH3 is 1. The van der Waals surface area contributed by atoms with Crippen molar-refractivity contribution in [3.05, 3.63) is 54.2 Å². The summed E-state index contributed by atoms with van der Waals surface area (Å²) in [5.41, 5.74) is 3.16. The Kier molecular flexibility index (Phi) is 5.05. The van der Waals surface area contributed by atoms with Crippen molar-refractivity contribution in [2.45, 2.75) is 6.61 Å². The van der Waals surface area contributed by atoms with Crippen LogP contribution in [0.25, 0.3) is 11.0 Å². The highest BCUT2D eigenvalue weighted by atomic mass is 31.1. The Morgan fingerprint density at radius 2 is 1.96 bits per heavy atom. The first kappa shape index (κ1) is 16.4. The number of nitrogens with one attached hydrogen (secondary N) is 1. The van der Waals surface area contributed by atoms with Crippen LogP contribution < -0.4 is 10.1 Å². The molecule has 0 fully saturated rings. The summed E-state index contributed by atoms with van der Waals surface area (Å²) in [6.45, 7) is 0.108. The number of hydrogen-bond donors (Lipinski definition) is 2. The van der Waals surface area contributed by atoms with E-state index in [0.717, 1.165) is 22.3 Å². The maximum Gasteiger partial charge on any atom is 0.316 e. The third kappa shape index (κ3) is 3.89. The van der Waals surface area contributed by atoms with Crippen molar-refractivity contribution in [1.82, 2.24) is 9.97 Å². The minimum Gasteiger partial charge on any atom is -0.481 e. The minimum atomic E-state index is -2.91. The van der Waals surface area contributed by atoms with Crippen LogP contribution in [0.1, 0.15) is 5.56 Å². The molecule has 7 nitrogen and oxygen atoms in total. The number of ether oxygens (including phenoxy) is 1. The van der Waals surface area contributed by atoms with E-state index in [1.807, 2.05) is 36.4 Å². The molecular weight excluding hydrogens is 329 g/mol. The average molecular weight is 345 g/mol. The summed E-state index contributed by atoms with van der Waals surface area (Å²) in [6, 6.07) is 13.0. The van der Waals surface area contributed by atoms with Crippen LogP contribution in [0, 0.1) is 0 Å². The Labute approximate surface area is 139 Å². The van der Waals surface area contributed by atoms with Crippen LogP contribution in [0.2, 0.25) is 0 Å². The van der Waals surface area contributed by atoms with E-state index in [1.54, 1.807) is 19.4 Å². The van der Waals surface area contributed by atoms with Crippen LogP contribution in [0.4, 0.5) is 11.4 Å². The molecule has 0 amide bonds. The Hall–Kier alpha value is -2.47. The second-order valence-electron chi connectivity index (χ2n) is 4.96. The van der Waals surface area contributed by atoms with Crippen LogP contribution in [0.15, 0.2) is 48.7 Å². The molecule has 0 aliphatic heterocycles. The van der Waals surface area contributed by atoms with Crippen LogP contribution >= 0.6 is 8.25 Å². The quantitative estimate of drug-likeness (QED) is 0.662. The lowest BCUT2D eigenvalue weighted by atomic mass is 10.2. The highest BCUT2D eigenvalue weighted by Gasteiger charge is 2.05. The Morgan fingerprint density at radius 3 is 2.67 bits per heavy atom. The van der Waals surface area contributed by atoms with Gasteiger partial charge in [0.25, 0.3) is 0 Å². The number of benzene rings is 1. The fraction of sp³-hybridized carbons (Fsp3) is 0.125. The smallest absolute Gasteiger partial charge is 0.316 e. The molecule has 2 aromatic heterocycles. The van der Waals surface area contributed by atoms with Crippen LogP contribution in [-0.2, 0) is 15.7 Å². The molecule has 1 aromatic carbocycles. The van der Waals surface area contributed by atoms with Gasteiger partial charge in [-0.25, -0.2) is 4.98 Å². The first-order valence-corrected chi connectivity index (χ1v) is 8.43. The molecule has 1 atom stereocenters. The van der Waals surface area contributed by atoms with E-state index in [4.69, 9.17) is 14.2 Å². The van der Waals surface area contributed by atoms with Gasteiger partial charge < -0.3 is 19.5 Å². The number of fused-ring (bicyclic) bond motifs is 1. The van der Waals surface area contributed by atoms with Crippen molar-refractivity contribution < 1.29 is 18.7 Å². The molecule has 3 rings (SSSR count). The predicted octanol–water partition coefficient (Wildman–Crippen LogP) is 3.28. The minimum absolute atomic E-state index is 0.108. The van der Waals surface area contributed by atoms with Gasteiger partial charge in [-0.1, -0.05) is 12.1 Å². The summed E-state index contributed by atoms with van der Waals surface area (Å²) >= 11 is 0. The lowest BCUT2D eigenvalue weighted by Crippen LogP contribution is -1.95. The van der Waals surface area contributed by atoms with E-state index >= 15 is 0 Å². The second-order valence-corrected chi connectivity index (χ2v) is 5.78. The van der Waals surface area contributed by atoms with Gasteiger partial charge in [-0.05, 0) is 29.8 Å². The van der Waals surface area contributed by atoms with Crippen molar-refractivity contribution in [1.29, 1.82) is 0 Å². The number of hydrogen-bond acceptors (Lipinski definition) is 6. The van der Waals surface area contributed by atoms with Gasteiger partial charge in [0.05, 0.1) is 19.4 Å². The van der Waals surface area contributed by atoms with Gasteiger partial charge in [-0.2, -0.15) is 4.98 Å². The molecule has 2 heterocycles. The summed E-state index contributed by atoms with van der Waals surface area (Å²) in [5.74, 6) is 0.514. The summed E-state index contributed by atoms with van der Waals surface area (Å²) < 4.78 is 20.4. The van der Waals surface area contributed by atoms with E-state index in [1.165, 1.54) is 0 Å². The number of aromatic nitrogens is 2. The monoisotopic (exact) mass is 345 g/mol. The van der Waals surface area contributed by atoms with E-state index in [-0.39, 0.29) is 6.61 Å². The lowest BCUT2D eigenvalue weighted by Gasteiger charge is -2.10. The third-order valence-electron chi connectivity index (χ3n) is 3.38. The fourth-order valence-electron chi connectivity index (χ4n) is 2.22. The summed E-state index contributed by atoms with van der Waals surface area (Å²) in [7, 11) is -1.35. The highest BCUT2D eigenvalue weighted by Crippen LogP contribution is 2.26. The zero-order valence-electron chi connectivity index (χ0n) is 12.9. The van der Waals surface area contributed by atoms with Crippen molar-refractivity contribution in [2.75, 3.05) is 12.4 Å². The van der Waals surface area contributed by atoms with Crippen molar-refractivity contribution >= 4 is 30.7 Å². The molecule has 1 unspecified atom stereocenters. The number of pyridine rings is 2. The number of rotatable bonds is 6. The van der Waals surface area contributed by atoms with Gasteiger partial charge in [-0.3, -0.25) is 4.57 Å². The Bertz CT molecular complexity index is 871. The van der Waals surface area contributed by atoms with Crippen LogP contribution in [0.5, 0.6) is 5.88 Å². The van der Waals surface area contributed by atoms with E-state index in [0.29, 0.717) is 11.5 Å². The molecule has 24 heavy (non-hydrogen) atoms. The number of nitrogens with zero attached hydrogens (tertiary/aromatic N) is 2. The number of anilines is 2. The van der Waals surface area contributed by atoms with Gasteiger partial charge in [0.15, 0.2) is 5.65 Å². The molecular formula is C16H16N3O4P. The Balaban J connectivity index is 1.80. The van der Waals surface area contributed by atoms with Crippen molar-refractivity contribution in [3.8, 4) is 5.88 Å². The largest absolute Gasteiger partial charge is 0.481 e. The average Bonchev–Trinajstić information content (AvgIpc) is 2.61. The molecule has 0 radical (unpaired) electrons. The molecule has 8 heteroatoms. The molecule has 0 aliphatic rings. The maximum atomic E-state index is 10.6. The molecule has 0 spiro atoms. The zero-order valence-corrected chi connectivity index (χ0v) is 13.9. The third-order valence-corrected chi connectivity index (χ3v) is 3.77.